The molecule has 0 fully saturated rings. The van der Waals surface area contributed by atoms with E-state index >= 15 is 0 Å². The number of nitrogens with zero attached hydrogens (tertiary/aromatic N) is 2. The maximum Gasteiger partial charge on any atom is 0.310 e. The molecular weight excluding hydrogens is 304 g/mol. The van der Waals surface area contributed by atoms with Gasteiger partial charge in [0.1, 0.15) is 5.15 Å². The van der Waals surface area contributed by atoms with Crippen LogP contribution in [0.3, 0.4) is 0 Å². The fourth-order valence-corrected chi connectivity index (χ4v) is 2.88. The van der Waals surface area contributed by atoms with Crippen molar-refractivity contribution in [2.75, 3.05) is 0 Å². The highest BCUT2D eigenvalue weighted by Gasteiger charge is 2.44. The van der Waals surface area contributed by atoms with Crippen molar-refractivity contribution in [1.29, 1.82) is 0 Å². The normalized spacial score (nSPS) is 16.5. The lowest BCUT2D eigenvalue weighted by molar-refractivity contribution is -0.147. The van der Waals surface area contributed by atoms with Crippen LogP contribution < -0.4 is 4.74 Å². The number of carbonyl (C=O) groups is 1. The van der Waals surface area contributed by atoms with Gasteiger partial charge in [0.25, 0.3) is 0 Å². The van der Waals surface area contributed by atoms with Crippen molar-refractivity contribution in [2.45, 2.75) is 26.7 Å². The van der Waals surface area contributed by atoms with Gasteiger partial charge in [-0.15, -0.1) is 0 Å². The lowest BCUT2D eigenvalue weighted by Crippen LogP contribution is -2.34. The number of ether oxygens (including phenoxy) is 1. The summed E-state index contributed by atoms with van der Waals surface area (Å²) in [4.78, 5) is 20.3. The molecule has 1 N–H and O–H groups in total. The number of carboxylic acid groups (broad SMARTS) is 1. The van der Waals surface area contributed by atoms with Crippen LogP contribution in [-0.2, 0) is 4.79 Å². The molecule has 3 rings (SSSR count). The Hall–Kier alpha value is -2.14. The molecule has 2 aromatic rings. The number of aromatic nitrogens is 2. The molecule has 22 heavy (non-hydrogen) atoms. The highest BCUT2D eigenvalue weighted by molar-refractivity contribution is 6.29. The standard InChI is InChI=1S/C16H15ClN2O3/c1-8-4-5-9-12(16(2,3)15(20)21)10-6-7-11(17)19-14(10)22-13(9)18-8/h4-7,12H,1-3H3,(H,20,21)/t12-/m0/s1. The number of pyridine rings is 2. The van der Waals surface area contributed by atoms with Gasteiger partial charge < -0.3 is 9.84 Å². The third-order valence-electron chi connectivity index (χ3n) is 3.97. The molecule has 3 heterocycles. The van der Waals surface area contributed by atoms with Crippen molar-refractivity contribution < 1.29 is 14.6 Å². The molecule has 114 valence electrons. The smallest absolute Gasteiger partial charge is 0.310 e. The van der Waals surface area contributed by atoms with E-state index in [4.69, 9.17) is 16.3 Å². The van der Waals surface area contributed by atoms with E-state index in [1.807, 2.05) is 19.1 Å². The Bertz CT molecular complexity index is 722. The van der Waals surface area contributed by atoms with Crippen LogP contribution in [0, 0.1) is 12.3 Å². The Kier molecular flexibility index (Phi) is 3.33. The van der Waals surface area contributed by atoms with Crippen molar-refractivity contribution in [3.63, 3.8) is 0 Å². The minimum atomic E-state index is -1.04. The first kappa shape index (κ1) is 14.8. The zero-order chi connectivity index (χ0) is 16.1. The summed E-state index contributed by atoms with van der Waals surface area (Å²) in [6, 6.07) is 7.12. The fraction of sp³-hybridized carbons (Fsp3) is 0.312. The molecule has 0 unspecified atom stereocenters. The number of hydrogen-bond donors (Lipinski definition) is 1. The van der Waals surface area contributed by atoms with Crippen LogP contribution >= 0.6 is 11.6 Å². The van der Waals surface area contributed by atoms with Gasteiger partial charge in [0, 0.05) is 22.7 Å². The Morgan fingerprint density at radius 1 is 1.18 bits per heavy atom. The summed E-state index contributed by atoms with van der Waals surface area (Å²) >= 11 is 5.93. The van der Waals surface area contributed by atoms with Crippen LogP contribution in [-0.4, -0.2) is 21.0 Å². The van der Waals surface area contributed by atoms with Crippen molar-refractivity contribution in [3.8, 4) is 11.8 Å². The molecule has 0 aliphatic carbocycles. The van der Waals surface area contributed by atoms with Crippen molar-refractivity contribution >= 4 is 17.6 Å². The predicted octanol–water partition coefficient (Wildman–Crippen LogP) is 3.79. The summed E-state index contributed by atoms with van der Waals surface area (Å²) in [6.45, 7) is 5.22. The Morgan fingerprint density at radius 2 is 1.77 bits per heavy atom. The summed E-state index contributed by atoms with van der Waals surface area (Å²) in [7, 11) is 0. The first-order chi connectivity index (χ1) is 10.3. The molecule has 5 nitrogen and oxygen atoms in total. The van der Waals surface area contributed by atoms with E-state index in [0.29, 0.717) is 22.5 Å². The first-order valence-electron chi connectivity index (χ1n) is 6.86. The third kappa shape index (κ3) is 2.22. The summed E-state index contributed by atoms with van der Waals surface area (Å²) in [5, 5.41) is 9.94. The van der Waals surface area contributed by atoms with E-state index in [9.17, 15) is 9.90 Å². The number of rotatable bonds is 2. The lowest BCUT2D eigenvalue weighted by Gasteiger charge is -2.35. The van der Waals surface area contributed by atoms with Crippen LogP contribution in [0.5, 0.6) is 11.8 Å². The molecule has 0 bridgehead atoms. The second-order valence-electron chi connectivity index (χ2n) is 5.94. The highest BCUT2D eigenvalue weighted by atomic mass is 35.5. The summed E-state index contributed by atoms with van der Waals surface area (Å²) in [5.41, 5.74) is 1.19. The molecule has 0 amide bonds. The monoisotopic (exact) mass is 318 g/mol. The average Bonchev–Trinajstić information content (AvgIpc) is 2.44. The number of hydrogen-bond acceptors (Lipinski definition) is 4. The van der Waals surface area contributed by atoms with Gasteiger partial charge in [0.15, 0.2) is 0 Å². The fourth-order valence-electron chi connectivity index (χ4n) is 2.74. The Morgan fingerprint density at radius 3 is 2.41 bits per heavy atom. The van der Waals surface area contributed by atoms with Crippen LogP contribution in [0.25, 0.3) is 0 Å². The molecule has 1 aliphatic heterocycles. The molecule has 0 saturated carbocycles. The van der Waals surface area contributed by atoms with Gasteiger partial charge in [0.2, 0.25) is 11.8 Å². The molecule has 6 heteroatoms. The van der Waals surface area contributed by atoms with Crippen LogP contribution in [0.1, 0.15) is 36.6 Å². The predicted molar refractivity (Wildman–Crippen MR) is 81.6 cm³/mol. The number of aryl methyl sites for hydroxylation is 1. The summed E-state index contributed by atoms with van der Waals surface area (Å²) in [6.07, 6.45) is 0. The van der Waals surface area contributed by atoms with Crippen molar-refractivity contribution in [3.05, 3.63) is 46.2 Å². The zero-order valence-corrected chi connectivity index (χ0v) is 13.2. The molecular formula is C16H15ClN2O3. The van der Waals surface area contributed by atoms with Crippen molar-refractivity contribution in [2.24, 2.45) is 5.41 Å². The minimum Gasteiger partial charge on any atom is -0.481 e. The maximum absolute atomic E-state index is 11.8. The SMILES string of the molecule is Cc1ccc2c(n1)Oc1nc(Cl)ccc1[C@H]2C(C)(C)C(=O)O. The number of aliphatic carboxylic acids is 1. The van der Waals surface area contributed by atoms with Crippen LogP contribution in [0.4, 0.5) is 0 Å². The van der Waals surface area contributed by atoms with E-state index in [0.717, 1.165) is 11.3 Å². The minimum absolute atomic E-state index is 0.293. The van der Waals surface area contributed by atoms with Gasteiger partial charge >= 0.3 is 5.97 Å². The summed E-state index contributed by atoms with van der Waals surface area (Å²) < 4.78 is 5.74. The quantitative estimate of drug-likeness (QED) is 0.853. The highest BCUT2D eigenvalue weighted by Crippen LogP contribution is 2.50. The van der Waals surface area contributed by atoms with Crippen LogP contribution in [0.15, 0.2) is 24.3 Å². The van der Waals surface area contributed by atoms with Crippen LogP contribution in [0.2, 0.25) is 5.15 Å². The van der Waals surface area contributed by atoms with Crippen molar-refractivity contribution in [1.82, 2.24) is 9.97 Å². The average molecular weight is 319 g/mol. The molecule has 1 atom stereocenters. The van der Waals surface area contributed by atoms with E-state index in [1.54, 1.807) is 26.0 Å². The first-order valence-corrected chi connectivity index (χ1v) is 7.23. The third-order valence-corrected chi connectivity index (χ3v) is 4.18. The molecule has 0 aromatic carbocycles. The second kappa shape index (κ2) is 4.95. The number of halogens is 1. The van der Waals surface area contributed by atoms with Gasteiger partial charge in [-0.1, -0.05) is 17.7 Å². The molecule has 0 saturated heterocycles. The second-order valence-corrected chi connectivity index (χ2v) is 6.32. The Labute approximate surface area is 132 Å². The van der Waals surface area contributed by atoms with E-state index < -0.39 is 17.3 Å². The van der Waals surface area contributed by atoms with E-state index in [1.165, 1.54) is 0 Å². The van der Waals surface area contributed by atoms with Gasteiger partial charge in [-0.2, -0.15) is 0 Å². The topological polar surface area (TPSA) is 72.3 Å². The van der Waals surface area contributed by atoms with E-state index in [-0.39, 0.29) is 0 Å². The maximum atomic E-state index is 11.8. The van der Waals surface area contributed by atoms with Gasteiger partial charge in [-0.05, 0) is 39.0 Å². The largest absolute Gasteiger partial charge is 0.481 e. The molecule has 0 radical (unpaired) electrons. The van der Waals surface area contributed by atoms with E-state index in [2.05, 4.69) is 9.97 Å². The number of fused-ring (bicyclic) bond motifs is 2. The molecule has 1 aliphatic rings. The summed E-state index contributed by atoms with van der Waals surface area (Å²) in [5.74, 6) is -0.604. The van der Waals surface area contributed by atoms with Gasteiger partial charge in [-0.25, -0.2) is 9.97 Å². The molecule has 2 aromatic heterocycles. The zero-order valence-electron chi connectivity index (χ0n) is 12.4. The van der Waals surface area contributed by atoms with Gasteiger partial charge in [-0.3, -0.25) is 4.79 Å². The Balaban J connectivity index is 2.27. The van der Waals surface area contributed by atoms with Gasteiger partial charge in [0.05, 0.1) is 5.41 Å². The lowest BCUT2D eigenvalue weighted by atomic mass is 9.71. The molecule has 0 spiro atoms. The number of carboxylic acids is 1.